The molecule has 0 fully saturated rings. The molecule has 1 aromatic rings. The molecule has 0 aliphatic heterocycles. The molecule has 0 radical (unpaired) electrons. The Labute approximate surface area is 65.9 Å². The van der Waals surface area contributed by atoms with E-state index in [9.17, 15) is 0 Å². The molecule has 0 aliphatic rings. The van der Waals surface area contributed by atoms with Crippen LogP contribution in [-0.4, -0.2) is 5.84 Å². The van der Waals surface area contributed by atoms with Gasteiger partial charge in [-0.3, -0.25) is 11.1 Å². The van der Waals surface area contributed by atoms with Crippen LogP contribution in [-0.2, 0) is 0 Å². The highest BCUT2D eigenvalue weighted by Gasteiger charge is 2.03. The van der Waals surface area contributed by atoms with Crippen LogP contribution in [0.2, 0.25) is 0 Å². The molecule has 0 unspecified atom stereocenters. The first-order valence-corrected chi connectivity index (χ1v) is 3.35. The largest absolute Gasteiger partial charge is 0.287 e. The van der Waals surface area contributed by atoms with E-state index >= 15 is 0 Å². The Morgan fingerprint density at radius 1 is 1.45 bits per heavy atom. The maximum absolute atomic E-state index is 5.44. The van der Waals surface area contributed by atoms with Crippen LogP contribution in [0.5, 0.6) is 0 Å². The van der Waals surface area contributed by atoms with Crippen LogP contribution in [0.25, 0.3) is 6.08 Å². The fraction of sp³-hybridized carbons (Fsp3) is 0. The lowest BCUT2D eigenvalue weighted by atomic mass is 10.1. The third-order valence-electron chi connectivity index (χ3n) is 1.49. The van der Waals surface area contributed by atoms with Crippen LogP contribution in [0, 0.1) is 0 Å². The van der Waals surface area contributed by atoms with Crippen LogP contribution in [0.15, 0.2) is 30.8 Å². The molecule has 2 heteroatoms. The van der Waals surface area contributed by atoms with E-state index in [4.69, 9.17) is 11.1 Å². The van der Waals surface area contributed by atoms with Crippen molar-refractivity contribution < 1.29 is 5.41 Å². The van der Waals surface area contributed by atoms with Gasteiger partial charge in [0.15, 0.2) is 0 Å². The summed E-state index contributed by atoms with van der Waals surface area (Å²) in [5.74, 6) is 0.334. The second-order valence-corrected chi connectivity index (χ2v) is 2.25. The molecule has 0 heterocycles. The quantitative estimate of drug-likeness (QED) is 0.441. The van der Waals surface area contributed by atoms with E-state index < -0.39 is 0 Å². The summed E-state index contributed by atoms with van der Waals surface area (Å²) < 4.78 is 0. The highest BCUT2D eigenvalue weighted by atomic mass is 14.7. The summed E-state index contributed by atoms with van der Waals surface area (Å²) in [7, 11) is 0. The molecule has 0 amide bonds. The van der Waals surface area contributed by atoms with Crippen LogP contribution in [0.3, 0.4) is 0 Å². The molecule has 0 bridgehead atoms. The van der Waals surface area contributed by atoms with Gasteiger partial charge < -0.3 is 0 Å². The Morgan fingerprint density at radius 3 is 2.55 bits per heavy atom. The van der Waals surface area contributed by atoms with Gasteiger partial charge in [0.1, 0.15) is 0 Å². The maximum Gasteiger partial charge on any atom is 0.271 e. The zero-order valence-electron chi connectivity index (χ0n) is 6.25. The number of rotatable bonds is 2. The van der Waals surface area contributed by atoms with Gasteiger partial charge in [-0.2, -0.15) is 0 Å². The van der Waals surface area contributed by atoms with Crippen LogP contribution in [0.4, 0.5) is 0 Å². The molecule has 1 rings (SSSR count). The van der Waals surface area contributed by atoms with Crippen molar-refractivity contribution in [2.75, 3.05) is 0 Å². The van der Waals surface area contributed by atoms with E-state index in [-0.39, 0.29) is 0 Å². The molecular formula is C9H11N2+. The molecule has 0 atom stereocenters. The smallest absolute Gasteiger partial charge is 0.271 e. The van der Waals surface area contributed by atoms with Gasteiger partial charge in [-0.1, -0.05) is 30.9 Å². The predicted molar refractivity (Wildman–Crippen MR) is 46.8 cm³/mol. The SMILES string of the molecule is C=Cc1ccccc1C(N)=[NH2+]. The second-order valence-electron chi connectivity index (χ2n) is 2.25. The third-order valence-corrected chi connectivity index (χ3v) is 1.49. The summed E-state index contributed by atoms with van der Waals surface area (Å²) in [4.78, 5) is 0. The van der Waals surface area contributed by atoms with E-state index in [0.717, 1.165) is 11.1 Å². The molecule has 0 spiro atoms. The summed E-state index contributed by atoms with van der Waals surface area (Å²) in [5, 5.41) is 5.44. The van der Waals surface area contributed by atoms with Crippen molar-refractivity contribution in [2.24, 2.45) is 5.73 Å². The van der Waals surface area contributed by atoms with E-state index in [2.05, 4.69) is 6.58 Å². The summed E-state index contributed by atoms with van der Waals surface area (Å²) in [6.07, 6.45) is 1.73. The first kappa shape index (κ1) is 7.54. The Bertz CT molecular complexity index is 289. The van der Waals surface area contributed by atoms with Crippen molar-refractivity contribution in [1.29, 1.82) is 0 Å². The van der Waals surface area contributed by atoms with Gasteiger partial charge >= 0.3 is 0 Å². The monoisotopic (exact) mass is 147 g/mol. The molecule has 0 saturated carbocycles. The summed E-state index contributed by atoms with van der Waals surface area (Å²) >= 11 is 0. The van der Waals surface area contributed by atoms with Crippen molar-refractivity contribution in [2.45, 2.75) is 0 Å². The molecular weight excluding hydrogens is 136 g/mol. The Kier molecular flexibility index (Phi) is 2.06. The average Bonchev–Trinajstić information content (AvgIpc) is 2.04. The zero-order valence-corrected chi connectivity index (χ0v) is 6.25. The minimum absolute atomic E-state index is 0.334. The van der Waals surface area contributed by atoms with Gasteiger partial charge in [-0.25, -0.2) is 0 Å². The standard InChI is InChI=1S/C9H10N2/c1-2-7-5-3-4-6-8(7)9(10)11/h2-6H,1H2,(H3,10,11)/p+1. The third kappa shape index (κ3) is 1.46. The van der Waals surface area contributed by atoms with Gasteiger partial charge in [0, 0.05) is 0 Å². The van der Waals surface area contributed by atoms with E-state index in [1.54, 1.807) is 6.08 Å². The number of benzene rings is 1. The first-order chi connectivity index (χ1) is 5.25. The predicted octanol–water partition coefficient (Wildman–Crippen LogP) is -0.206. The maximum atomic E-state index is 5.44. The van der Waals surface area contributed by atoms with Crippen LogP contribution in [0.1, 0.15) is 11.1 Å². The molecule has 11 heavy (non-hydrogen) atoms. The lowest BCUT2D eigenvalue weighted by molar-refractivity contribution is -0.114. The summed E-state index contributed by atoms with van der Waals surface area (Å²) in [6, 6.07) is 7.60. The first-order valence-electron chi connectivity index (χ1n) is 3.35. The number of hydrogen-bond acceptors (Lipinski definition) is 0. The van der Waals surface area contributed by atoms with Crippen molar-refractivity contribution in [3.63, 3.8) is 0 Å². The topological polar surface area (TPSA) is 51.6 Å². The Balaban J connectivity index is 3.22. The lowest BCUT2D eigenvalue weighted by Crippen LogP contribution is -2.46. The van der Waals surface area contributed by atoms with Crippen LogP contribution < -0.4 is 11.1 Å². The second kappa shape index (κ2) is 3.01. The Hall–Kier alpha value is -1.57. The number of nitrogens with two attached hydrogens (primary N) is 2. The van der Waals surface area contributed by atoms with Crippen molar-refractivity contribution in [1.82, 2.24) is 0 Å². The zero-order chi connectivity index (χ0) is 8.27. The van der Waals surface area contributed by atoms with Crippen molar-refractivity contribution >= 4 is 11.9 Å². The van der Waals surface area contributed by atoms with E-state index in [1.165, 1.54) is 0 Å². The van der Waals surface area contributed by atoms with Gasteiger partial charge in [-0.15, -0.1) is 0 Å². The van der Waals surface area contributed by atoms with Gasteiger partial charge in [0.25, 0.3) is 5.84 Å². The van der Waals surface area contributed by atoms with Crippen molar-refractivity contribution in [3.05, 3.63) is 42.0 Å². The molecule has 0 aromatic heterocycles. The summed E-state index contributed by atoms with van der Waals surface area (Å²) in [6.45, 7) is 3.65. The van der Waals surface area contributed by atoms with E-state index in [0.29, 0.717) is 5.84 Å². The lowest BCUT2D eigenvalue weighted by Gasteiger charge is -1.97. The van der Waals surface area contributed by atoms with Gasteiger partial charge in [0.05, 0.1) is 5.56 Å². The average molecular weight is 147 g/mol. The minimum atomic E-state index is 0.334. The fourth-order valence-corrected chi connectivity index (χ4v) is 0.938. The van der Waals surface area contributed by atoms with Crippen LogP contribution >= 0.6 is 0 Å². The van der Waals surface area contributed by atoms with E-state index in [1.807, 2.05) is 24.3 Å². The molecule has 2 nitrogen and oxygen atoms in total. The van der Waals surface area contributed by atoms with Gasteiger partial charge in [-0.05, 0) is 11.6 Å². The van der Waals surface area contributed by atoms with Crippen molar-refractivity contribution in [3.8, 4) is 0 Å². The molecule has 0 aliphatic carbocycles. The molecule has 1 aromatic carbocycles. The fourth-order valence-electron chi connectivity index (χ4n) is 0.938. The summed E-state index contributed by atoms with van der Waals surface area (Å²) in [5.41, 5.74) is 7.25. The highest BCUT2D eigenvalue weighted by molar-refractivity contribution is 5.96. The van der Waals surface area contributed by atoms with Gasteiger partial charge in [0.2, 0.25) is 0 Å². The normalized spacial score (nSPS) is 9.09. The minimum Gasteiger partial charge on any atom is -0.287 e. The molecule has 56 valence electrons. The number of hydrogen-bond donors (Lipinski definition) is 2. The Morgan fingerprint density at radius 2 is 2.09 bits per heavy atom. The highest BCUT2D eigenvalue weighted by Crippen LogP contribution is 2.07. The number of amidine groups is 1. The molecule has 0 saturated heterocycles. The molecule has 4 N–H and O–H groups in total.